The minimum absolute atomic E-state index is 0.0469. The van der Waals surface area contributed by atoms with Gasteiger partial charge in [-0.25, -0.2) is 9.37 Å². The van der Waals surface area contributed by atoms with E-state index in [4.69, 9.17) is 21.6 Å². The Labute approximate surface area is 141 Å². The smallest absolute Gasteiger partial charge is 0.311 e. The zero-order valence-corrected chi connectivity index (χ0v) is 13.2. The summed E-state index contributed by atoms with van der Waals surface area (Å²) in [5.74, 6) is -3.19. The molecule has 0 radical (unpaired) electrons. The van der Waals surface area contributed by atoms with E-state index in [2.05, 4.69) is 9.72 Å². The maximum absolute atomic E-state index is 14.4. The van der Waals surface area contributed by atoms with Crippen LogP contribution in [0, 0.1) is 23.1 Å². The summed E-state index contributed by atoms with van der Waals surface area (Å²) in [6, 6.07) is 6.64. The molecule has 0 atom stereocenters. The van der Waals surface area contributed by atoms with Gasteiger partial charge in [-0.1, -0.05) is 11.6 Å². The minimum Gasteiger partial charge on any atom is -0.466 e. The van der Waals surface area contributed by atoms with E-state index < -0.39 is 35.6 Å². The van der Waals surface area contributed by atoms with E-state index >= 15 is 0 Å². The standard InChI is InChI=1S/C16H11ClF2N2O3/c1-2-23-15(22)6-12-16(19)13(7-14(18)21-12)24-11-4-9(8-20)3-10(17)5-11/h3-5,7H,2,6H2,1H3. The molecule has 124 valence electrons. The van der Waals surface area contributed by atoms with Crippen LogP contribution in [0.25, 0.3) is 0 Å². The predicted octanol–water partition coefficient (Wildman–Crippen LogP) is 3.78. The fourth-order valence-corrected chi connectivity index (χ4v) is 2.10. The van der Waals surface area contributed by atoms with Gasteiger partial charge in [-0.05, 0) is 25.1 Å². The molecule has 0 N–H and O–H groups in total. The molecule has 0 amide bonds. The second-order valence-corrected chi connectivity index (χ2v) is 5.01. The van der Waals surface area contributed by atoms with Gasteiger partial charge in [0.1, 0.15) is 5.75 Å². The van der Waals surface area contributed by atoms with Crippen molar-refractivity contribution in [3.8, 4) is 17.6 Å². The third kappa shape index (κ3) is 4.40. The Balaban J connectivity index is 2.34. The molecular formula is C16H11ClF2N2O3. The van der Waals surface area contributed by atoms with Gasteiger partial charge < -0.3 is 9.47 Å². The highest BCUT2D eigenvalue weighted by molar-refractivity contribution is 6.30. The van der Waals surface area contributed by atoms with Crippen molar-refractivity contribution in [2.45, 2.75) is 13.3 Å². The summed E-state index contributed by atoms with van der Waals surface area (Å²) < 4.78 is 37.9. The number of pyridine rings is 1. The van der Waals surface area contributed by atoms with Crippen molar-refractivity contribution in [2.75, 3.05) is 6.61 Å². The summed E-state index contributed by atoms with van der Waals surface area (Å²) in [5, 5.41) is 9.09. The third-order valence-electron chi connectivity index (χ3n) is 2.81. The Kier molecular flexibility index (Phi) is 5.66. The Morgan fingerprint density at radius 1 is 1.33 bits per heavy atom. The first kappa shape index (κ1) is 17.6. The maximum Gasteiger partial charge on any atom is 0.311 e. The van der Waals surface area contributed by atoms with Crippen molar-refractivity contribution in [1.29, 1.82) is 5.26 Å². The Morgan fingerprint density at radius 2 is 2.08 bits per heavy atom. The van der Waals surface area contributed by atoms with E-state index in [9.17, 15) is 13.6 Å². The lowest BCUT2D eigenvalue weighted by molar-refractivity contribution is -0.142. The van der Waals surface area contributed by atoms with Crippen LogP contribution in [0.2, 0.25) is 5.02 Å². The van der Waals surface area contributed by atoms with Crippen molar-refractivity contribution in [3.05, 3.63) is 52.3 Å². The van der Waals surface area contributed by atoms with Crippen molar-refractivity contribution in [1.82, 2.24) is 4.98 Å². The Hall–Kier alpha value is -2.72. The van der Waals surface area contributed by atoms with Gasteiger partial charge in [-0.3, -0.25) is 4.79 Å². The average Bonchev–Trinajstić information content (AvgIpc) is 2.51. The molecule has 2 aromatic rings. The van der Waals surface area contributed by atoms with E-state index in [1.807, 2.05) is 6.07 Å². The lowest BCUT2D eigenvalue weighted by Crippen LogP contribution is -2.11. The monoisotopic (exact) mass is 352 g/mol. The first-order valence-electron chi connectivity index (χ1n) is 6.82. The molecule has 1 aromatic carbocycles. The molecule has 0 saturated heterocycles. The van der Waals surface area contributed by atoms with E-state index in [1.165, 1.54) is 18.2 Å². The number of nitriles is 1. The summed E-state index contributed by atoms with van der Waals surface area (Å²) in [6.45, 7) is 1.70. The predicted molar refractivity (Wildman–Crippen MR) is 80.7 cm³/mol. The number of carbonyl (C=O) groups is 1. The van der Waals surface area contributed by atoms with Crippen LogP contribution in [0.3, 0.4) is 0 Å². The summed E-state index contributed by atoms with van der Waals surface area (Å²) >= 11 is 5.83. The van der Waals surface area contributed by atoms with Crippen molar-refractivity contribution in [3.63, 3.8) is 0 Å². The molecule has 5 nitrogen and oxygen atoms in total. The summed E-state index contributed by atoms with van der Waals surface area (Å²) in [6.07, 6.45) is -0.535. The van der Waals surface area contributed by atoms with Crippen LogP contribution in [-0.2, 0) is 16.0 Å². The number of rotatable bonds is 5. The zero-order valence-electron chi connectivity index (χ0n) is 12.5. The number of hydrogen-bond donors (Lipinski definition) is 0. The van der Waals surface area contributed by atoms with Crippen LogP contribution < -0.4 is 4.74 Å². The van der Waals surface area contributed by atoms with Gasteiger partial charge in [-0.15, -0.1) is 0 Å². The van der Waals surface area contributed by atoms with Gasteiger partial charge >= 0.3 is 5.97 Å². The quantitative estimate of drug-likeness (QED) is 0.605. The fraction of sp³-hybridized carbons (Fsp3) is 0.188. The summed E-state index contributed by atoms with van der Waals surface area (Å²) in [7, 11) is 0. The van der Waals surface area contributed by atoms with Crippen LogP contribution >= 0.6 is 11.6 Å². The number of ether oxygens (including phenoxy) is 2. The molecule has 0 aliphatic carbocycles. The molecule has 1 heterocycles. The minimum atomic E-state index is -1.02. The molecule has 1 aromatic heterocycles. The van der Waals surface area contributed by atoms with Gasteiger partial charge in [0.2, 0.25) is 5.95 Å². The van der Waals surface area contributed by atoms with Crippen molar-refractivity contribution >= 4 is 17.6 Å². The number of carbonyl (C=O) groups excluding carboxylic acids is 1. The molecule has 0 bridgehead atoms. The second kappa shape index (κ2) is 7.70. The summed E-state index contributed by atoms with van der Waals surface area (Å²) in [5.41, 5.74) is -0.245. The second-order valence-electron chi connectivity index (χ2n) is 4.58. The van der Waals surface area contributed by atoms with Gasteiger partial charge in [0.25, 0.3) is 0 Å². The highest BCUT2D eigenvalue weighted by Gasteiger charge is 2.18. The number of aromatic nitrogens is 1. The highest BCUT2D eigenvalue weighted by Crippen LogP contribution is 2.29. The number of halogens is 3. The topological polar surface area (TPSA) is 72.2 Å². The van der Waals surface area contributed by atoms with Gasteiger partial charge in [0.05, 0.1) is 30.4 Å². The van der Waals surface area contributed by atoms with E-state index in [0.717, 1.165) is 6.07 Å². The van der Waals surface area contributed by atoms with E-state index in [-0.39, 0.29) is 22.9 Å². The molecule has 0 fully saturated rings. The number of esters is 1. The maximum atomic E-state index is 14.4. The van der Waals surface area contributed by atoms with Crippen molar-refractivity contribution in [2.24, 2.45) is 0 Å². The highest BCUT2D eigenvalue weighted by atomic mass is 35.5. The average molecular weight is 353 g/mol. The molecule has 0 aliphatic heterocycles. The number of hydrogen-bond acceptors (Lipinski definition) is 5. The van der Waals surface area contributed by atoms with Crippen LogP contribution in [0.5, 0.6) is 11.5 Å². The van der Waals surface area contributed by atoms with Crippen LogP contribution in [0.4, 0.5) is 8.78 Å². The molecule has 0 aliphatic rings. The zero-order chi connectivity index (χ0) is 17.7. The first-order chi connectivity index (χ1) is 11.4. The Bertz CT molecular complexity index is 822. The van der Waals surface area contributed by atoms with E-state index in [0.29, 0.717) is 0 Å². The van der Waals surface area contributed by atoms with E-state index in [1.54, 1.807) is 6.92 Å². The van der Waals surface area contributed by atoms with Crippen molar-refractivity contribution < 1.29 is 23.0 Å². The molecule has 0 unspecified atom stereocenters. The molecule has 8 heteroatoms. The number of nitrogens with zero attached hydrogens (tertiary/aromatic N) is 2. The van der Waals surface area contributed by atoms with Gasteiger partial charge in [-0.2, -0.15) is 9.65 Å². The molecular weight excluding hydrogens is 342 g/mol. The van der Waals surface area contributed by atoms with Crippen LogP contribution in [-0.4, -0.2) is 17.6 Å². The lowest BCUT2D eigenvalue weighted by Gasteiger charge is -2.10. The molecule has 24 heavy (non-hydrogen) atoms. The summed E-state index contributed by atoms with van der Waals surface area (Å²) in [4.78, 5) is 14.8. The molecule has 0 spiro atoms. The largest absolute Gasteiger partial charge is 0.466 e. The lowest BCUT2D eigenvalue weighted by atomic mass is 10.2. The number of benzene rings is 1. The van der Waals surface area contributed by atoms with Crippen LogP contribution in [0.15, 0.2) is 24.3 Å². The molecule has 0 saturated carbocycles. The van der Waals surface area contributed by atoms with Gasteiger partial charge in [0.15, 0.2) is 11.6 Å². The first-order valence-corrected chi connectivity index (χ1v) is 7.19. The normalized spacial score (nSPS) is 10.1. The third-order valence-corrected chi connectivity index (χ3v) is 3.03. The molecule has 2 rings (SSSR count). The SMILES string of the molecule is CCOC(=O)Cc1nc(F)cc(Oc2cc(Cl)cc(C#N)c2)c1F. The Morgan fingerprint density at radius 3 is 2.75 bits per heavy atom. The fourth-order valence-electron chi connectivity index (χ4n) is 1.88. The van der Waals surface area contributed by atoms with Crippen LogP contribution in [0.1, 0.15) is 18.2 Å². The van der Waals surface area contributed by atoms with Gasteiger partial charge in [0, 0.05) is 11.1 Å².